The number of aryl methyl sites for hydroxylation is 2. The maximum atomic E-state index is 2.41. The van der Waals surface area contributed by atoms with Crippen LogP contribution >= 0.6 is 0 Å². The van der Waals surface area contributed by atoms with Crippen molar-refractivity contribution in [3.63, 3.8) is 0 Å². The summed E-state index contributed by atoms with van der Waals surface area (Å²) in [6.45, 7) is 9.08. The fourth-order valence-corrected chi connectivity index (χ4v) is 3.42. The van der Waals surface area contributed by atoms with E-state index >= 15 is 0 Å². The van der Waals surface area contributed by atoms with Gasteiger partial charge in [0.1, 0.15) is 0 Å². The lowest BCUT2D eigenvalue weighted by Gasteiger charge is -2.28. The molecule has 0 aliphatic heterocycles. The molecule has 0 N–H and O–H groups in total. The summed E-state index contributed by atoms with van der Waals surface area (Å²) in [6.07, 6.45) is 8.51. The second-order valence-corrected chi connectivity index (χ2v) is 6.35. The lowest BCUT2D eigenvalue weighted by Crippen LogP contribution is -2.16. The smallest absolute Gasteiger partial charge is 0.0250 e. The van der Waals surface area contributed by atoms with Crippen LogP contribution in [0.1, 0.15) is 61.3 Å². The van der Waals surface area contributed by atoms with Gasteiger partial charge in [-0.05, 0) is 74.1 Å². The SMILES string of the molecule is CCC1CCC(Cc2cc(C)c(C)c(C)c2)CC1. The highest BCUT2D eigenvalue weighted by Gasteiger charge is 2.20. The molecule has 0 spiro atoms. The normalized spacial score (nSPS) is 24.2. The topological polar surface area (TPSA) is 0 Å². The Morgan fingerprint density at radius 3 is 1.89 bits per heavy atom. The summed E-state index contributed by atoms with van der Waals surface area (Å²) in [7, 11) is 0. The second-order valence-electron chi connectivity index (χ2n) is 6.35. The van der Waals surface area contributed by atoms with Gasteiger partial charge in [0, 0.05) is 0 Å². The van der Waals surface area contributed by atoms with Crippen LogP contribution < -0.4 is 0 Å². The lowest BCUT2D eigenvalue weighted by molar-refractivity contribution is 0.268. The van der Waals surface area contributed by atoms with Crippen LogP contribution in [0.5, 0.6) is 0 Å². The number of hydrogen-bond donors (Lipinski definition) is 0. The molecule has 1 saturated carbocycles. The Hall–Kier alpha value is -0.780. The monoisotopic (exact) mass is 244 g/mol. The minimum Gasteiger partial charge on any atom is -0.0651 e. The van der Waals surface area contributed by atoms with Gasteiger partial charge in [0.2, 0.25) is 0 Å². The standard InChI is InChI=1S/C18H28/c1-5-16-6-8-17(9-7-16)12-18-10-13(2)15(4)14(3)11-18/h10-11,16-17H,5-9,12H2,1-4H3. The molecule has 0 radical (unpaired) electrons. The van der Waals surface area contributed by atoms with Crippen molar-refractivity contribution in [3.8, 4) is 0 Å². The fourth-order valence-electron chi connectivity index (χ4n) is 3.42. The Kier molecular flexibility index (Phi) is 4.48. The summed E-state index contributed by atoms with van der Waals surface area (Å²) in [5.41, 5.74) is 5.96. The summed E-state index contributed by atoms with van der Waals surface area (Å²) in [4.78, 5) is 0. The first-order valence-corrected chi connectivity index (χ1v) is 7.66. The highest BCUT2D eigenvalue weighted by Crippen LogP contribution is 2.33. The third-order valence-electron chi connectivity index (χ3n) is 5.05. The van der Waals surface area contributed by atoms with Gasteiger partial charge >= 0.3 is 0 Å². The molecule has 100 valence electrons. The first-order valence-electron chi connectivity index (χ1n) is 7.66. The van der Waals surface area contributed by atoms with E-state index < -0.39 is 0 Å². The first-order chi connectivity index (χ1) is 8.60. The van der Waals surface area contributed by atoms with Gasteiger partial charge in [-0.15, -0.1) is 0 Å². The molecule has 0 amide bonds. The third kappa shape index (κ3) is 3.16. The zero-order valence-corrected chi connectivity index (χ0v) is 12.6. The molecule has 18 heavy (non-hydrogen) atoms. The highest BCUT2D eigenvalue weighted by molar-refractivity contribution is 5.37. The van der Waals surface area contributed by atoms with E-state index in [4.69, 9.17) is 0 Å². The van der Waals surface area contributed by atoms with Gasteiger partial charge in [-0.3, -0.25) is 0 Å². The van der Waals surface area contributed by atoms with Crippen LogP contribution in [0.2, 0.25) is 0 Å². The minimum absolute atomic E-state index is 0.939. The maximum Gasteiger partial charge on any atom is -0.0250 e. The minimum atomic E-state index is 0.939. The molecule has 0 nitrogen and oxygen atoms in total. The molecule has 2 rings (SSSR count). The molecule has 1 aromatic carbocycles. The van der Waals surface area contributed by atoms with Crippen molar-refractivity contribution in [2.24, 2.45) is 11.8 Å². The quantitative estimate of drug-likeness (QED) is 0.670. The van der Waals surface area contributed by atoms with E-state index in [1.165, 1.54) is 55.2 Å². The lowest BCUT2D eigenvalue weighted by atomic mass is 9.78. The van der Waals surface area contributed by atoms with Gasteiger partial charge in [0.25, 0.3) is 0 Å². The molecular weight excluding hydrogens is 216 g/mol. The Balaban J connectivity index is 1.98. The predicted octanol–water partition coefficient (Wildman–Crippen LogP) is 5.37. The molecule has 0 saturated heterocycles. The summed E-state index contributed by atoms with van der Waals surface area (Å²) in [5, 5.41) is 0. The average Bonchev–Trinajstić information content (AvgIpc) is 2.37. The Morgan fingerprint density at radius 1 is 0.889 bits per heavy atom. The summed E-state index contributed by atoms with van der Waals surface area (Å²) < 4.78 is 0. The maximum absolute atomic E-state index is 2.41. The van der Waals surface area contributed by atoms with Crippen LogP contribution in [-0.4, -0.2) is 0 Å². The Bertz CT molecular complexity index is 371. The molecule has 0 bridgehead atoms. The van der Waals surface area contributed by atoms with Crippen molar-refractivity contribution in [3.05, 3.63) is 34.4 Å². The van der Waals surface area contributed by atoms with E-state index in [1.54, 1.807) is 5.56 Å². The number of benzene rings is 1. The predicted molar refractivity (Wildman–Crippen MR) is 80.1 cm³/mol. The summed E-state index contributed by atoms with van der Waals surface area (Å²) in [6, 6.07) is 4.82. The van der Waals surface area contributed by atoms with Crippen LogP contribution in [0.4, 0.5) is 0 Å². The molecule has 0 heterocycles. The third-order valence-corrected chi connectivity index (χ3v) is 5.05. The summed E-state index contributed by atoms with van der Waals surface area (Å²) in [5.74, 6) is 1.96. The van der Waals surface area contributed by atoms with E-state index in [0.717, 1.165) is 11.8 Å². The molecule has 1 aliphatic rings. The molecule has 0 aromatic heterocycles. The first kappa shape index (κ1) is 13.6. The van der Waals surface area contributed by atoms with Gasteiger partial charge in [0.05, 0.1) is 0 Å². The van der Waals surface area contributed by atoms with Crippen LogP contribution in [0, 0.1) is 32.6 Å². The van der Waals surface area contributed by atoms with Crippen molar-refractivity contribution >= 4 is 0 Å². The summed E-state index contributed by atoms with van der Waals surface area (Å²) >= 11 is 0. The van der Waals surface area contributed by atoms with Crippen LogP contribution in [0.15, 0.2) is 12.1 Å². The largest absolute Gasteiger partial charge is 0.0651 e. The van der Waals surface area contributed by atoms with Crippen molar-refractivity contribution in [2.45, 2.75) is 66.2 Å². The average molecular weight is 244 g/mol. The molecular formula is C18H28. The molecule has 1 fully saturated rings. The van der Waals surface area contributed by atoms with E-state index in [1.807, 2.05) is 0 Å². The van der Waals surface area contributed by atoms with E-state index in [9.17, 15) is 0 Å². The van der Waals surface area contributed by atoms with Crippen LogP contribution in [0.3, 0.4) is 0 Å². The van der Waals surface area contributed by atoms with Gasteiger partial charge in [-0.1, -0.05) is 38.3 Å². The molecule has 1 aromatic rings. The van der Waals surface area contributed by atoms with E-state index in [-0.39, 0.29) is 0 Å². The van der Waals surface area contributed by atoms with Crippen LogP contribution in [-0.2, 0) is 6.42 Å². The fraction of sp³-hybridized carbons (Fsp3) is 0.667. The van der Waals surface area contributed by atoms with Gasteiger partial charge in [-0.2, -0.15) is 0 Å². The highest BCUT2D eigenvalue weighted by atomic mass is 14.3. The zero-order valence-electron chi connectivity index (χ0n) is 12.6. The second kappa shape index (κ2) is 5.91. The van der Waals surface area contributed by atoms with Crippen molar-refractivity contribution in [2.75, 3.05) is 0 Å². The number of rotatable bonds is 3. The van der Waals surface area contributed by atoms with Gasteiger partial charge in [-0.25, -0.2) is 0 Å². The van der Waals surface area contributed by atoms with Crippen molar-refractivity contribution in [1.82, 2.24) is 0 Å². The Labute approximate surface area is 113 Å². The van der Waals surface area contributed by atoms with Crippen LogP contribution in [0.25, 0.3) is 0 Å². The van der Waals surface area contributed by atoms with Gasteiger partial charge < -0.3 is 0 Å². The molecule has 0 heteroatoms. The van der Waals surface area contributed by atoms with E-state index in [2.05, 4.69) is 39.8 Å². The van der Waals surface area contributed by atoms with Gasteiger partial charge in [0.15, 0.2) is 0 Å². The van der Waals surface area contributed by atoms with E-state index in [0.29, 0.717) is 0 Å². The zero-order chi connectivity index (χ0) is 13.1. The Morgan fingerprint density at radius 2 is 1.39 bits per heavy atom. The molecule has 0 atom stereocenters. The number of hydrogen-bond acceptors (Lipinski definition) is 0. The molecule has 1 aliphatic carbocycles. The van der Waals surface area contributed by atoms with Crippen molar-refractivity contribution in [1.29, 1.82) is 0 Å². The van der Waals surface area contributed by atoms with Crippen molar-refractivity contribution < 1.29 is 0 Å². The molecule has 0 unspecified atom stereocenters.